The third-order valence-corrected chi connectivity index (χ3v) is 4.63. The number of carbonyl (C=O) groups excluding carboxylic acids is 2. The van der Waals surface area contributed by atoms with Gasteiger partial charge in [-0.05, 0) is 63.7 Å². The van der Waals surface area contributed by atoms with Crippen LogP contribution in [0.4, 0.5) is 0 Å². The number of amides is 1. The van der Waals surface area contributed by atoms with Crippen LogP contribution in [0.15, 0.2) is 42.9 Å². The van der Waals surface area contributed by atoms with Crippen LogP contribution in [0.5, 0.6) is 0 Å². The zero-order chi connectivity index (χ0) is 20.4. The maximum atomic E-state index is 12.5. The summed E-state index contributed by atoms with van der Waals surface area (Å²) in [6.07, 6.45) is 7.32. The number of likely N-dealkylation sites (N-methyl/N-ethyl adjacent to an activating group) is 2. The number of ketones is 1. The molecule has 0 radical (unpaired) electrons. The van der Waals surface area contributed by atoms with Gasteiger partial charge < -0.3 is 9.80 Å². The molecule has 6 heteroatoms. The zero-order valence-corrected chi connectivity index (χ0v) is 17.1. The number of carbonyl (C=O) groups is 2. The molecule has 150 valence electrons. The molecule has 0 saturated carbocycles. The van der Waals surface area contributed by atoms with Gasteiger partial charge in [0.1, 0.15) is 0 Å². The van der Waals surface area contributed by atoms with Crippen LogP contribution >= 0.6 is 0 Å². The Balaban J connectivity index is 1.85. The van der Waals surface area contributed by atoms with Gasteiger partial charge in [0, 0.05) is 62.3 Å². The third-order valence-electron chi connectivity index (χ3n) is 4.63. The molecule has 1 amide bonds. The van der Waals surface area contributed by atoms with E-state index in [1.165, 1.54) is 0 Å². The second kappa shape index (κ2) is 11.3. The highest BCUT2D eigenvalue weighted by molar-refractivity contribution is 5.97. The van der Waals surface area contributed by atoms with Gasteiger partial charge in [-0.3, -0.25) is 19.6 Å². The number of aryl methyl sites for hydroxylation is 1. The van der Waals surface area contributed by atoms with Crippen LogP contribution in [0.3, 0.4) is 0 Å². The predicted molar refractivity (Wildman–Crippen MR) is 110 cm³/mol. The Kier molecular flexibility index (Phi) is 8.75. The lowest BCUT2D eigenvalue weighted by Gasteiger charge is -2.22. The Morgan fingerprint density at radius 2 is 1.79 bits per heavy atom. The van der Waals surface area contributed by atoms with Crippen LogP contribution in [0, 0.1) is 0 Å². The van der Waals surface area contributed by atoms with E-state index in [4.69, 9.17) is 0 Å². The van der Waals surface area contributed by atoms with Crippen LogP contribution in [0.1, 0.15) is 41.4 Å². The summed E-state index contributed by atoms with van der Waals surface area (Å²) in [4.78, 5) is 37.2. The van der Waals surface area contributed by atoms with Crippen LogP contribution in [-0.4, -0.2) is 65.2 Å². The molecule has 0 fully saturated rings. The molecule has 0 aliphatic carbocycles. The molecule has 0 aromatic carbocycles. The molecule has 0 aliphatic heterocycles. The summed E-state index contributed by atoms with van der Waals surface area (Å²) in [6, 6.07) is 7.29. The Labute approximate surface area is 167 Å². The van der Waals surface area contributed by atoms with E-state index in [9.17, 15) is 9.59 Å². The van der Waals surface area contributed by atoms with E-state index in [0.717, 1.165) is 37.3 Å². The van der Waals surface area contributed by atoms with Gasteiger partial charge in [-0.1, -0.05) is 0 Å². The summed E-state index contributed by atoms with van der Waals surface area (Å²) in [6.45, 7) is 4.35. The molecule has 6 nitrogen and oxygen atoms in total. The second-order valence-corrected chi connectivity index (χ2v) is 7.12. The molecule has 28 heavy (non-hydrogen) atoms. The minimum atomic E-state index is 0.0618. The van der Waals surface area contributed by atoms with E-state index >= 15 is 0 Å². The van der Waals surface area contributed by atoms with Gasteiger partial charge in [-0.25, -0.2) is 0 Å². The predicted octanol–water partition coefficient (Wildman–Crippen LogP) is 2.63. The Hall–Kier alpha value is -2.60. The maximum Gasteiger partial charge on any atom is 0.222 e. The minimum Gasteiger partial charge on any atom is -0.342 e. The van der Waals surface area contributed by atoms with Crippen molar-refractivity contribution in [1.29, 1.82) is 0 Å². The molecule has 2 heterocycles. The highest BCUT2D eigenvalue weighted by Crippen LogP contribution is 2.10. The molecule has 2 aromatic rings. The quantitative estimate of drug-likeness (QED) is 0.559. The monoisotopic (exact) mass is 382 g/mol. The fourth-order valence-electron chi connectivity index (χ4n) is 2.94. The number of hydrogen-bond acceptors (Lipinski definition) is 5. The van der Waals surface area contributed by atoms with Crippen LogP contribution in [-0.2, 0) is 17.6 Å². The van der Waals surface area contributed by atoms with Crippen molar-refractivity contribution in [3.05, 3.63) is 59.7 Å². The number of hydrogen-bond donors (Lipinski definition) is 0. The largest absolute Gasteiger partial charge is 0.342 e. The summed E-state index contributed by atoms with van der Waals surface area (Å²) < 4.78 is 0. The number of rotatable bonds is 11. The highest BCUT2D eigenvalue weighted by atomic mass is 16.2. The normalized spacial score (nSPS) is 10.9. The van der Waals surface area contributed by atoms with Gasteiger partial charge in [0.05, 0.1) is 0 Å². The molecule has 0 N–H and O–H groups in total. The molecule has 0 spiro atoms. The van der Waals surface area contributed by atoms with E-state index < -0.39 is 0 Å². The fourth-order valence-corrected chi connectivity index (χ4v) is 2.94. The lowest BCUT2D eigenvalue weighted by molar-refractivity contribution is -0.131. The molecule has 0 bridgehead atoms. The van der Waals surface area contributed by atoms with Crippen molar-refractivity contribution in [2.75, 3.05) is 33.7 Å². The number of nitrogens with zero attached hydrogens (tertiary/aromatic N) is 4. The summed E-state index contributed by atoms with van der Waals surface area (Å²) in [5, 5.41) is 0. The van der Waals surface area contributed by atoms with Crippen molar-refractivity contribution in [2.24, 2.45) is 0 Å². The zero-order valence-electron chi connectivity index (χ0n) is 17.1. The van der Waals surface area contributed by atoms with Crippen molar-refractivity contribution in [3.8, 4) is 0 Å². The lowest BCUT2D eigenvalue weighted by Crippen LogP contribution is -2.36. The minimum absolute atomic E-state index is 0.0618. The van der Waals surface area contributed by atoms with E-state index in [0.29, 0.717) is 24.8 Å². The molecular weight excluding hydrogens is 352 g/mol. The van der Waals surface area contributed by atoms with Crippen molar-refractivity contribution in [3.63, 3.8) is 0 Å². The Morgan fingerprint density at radius 1 is 1.04 bits per heavy atom. The first kappa shape index (κ1) is 21.7. The number of Topliss-reactive ketones (excluding diaryl/α,β-unsaturated/α-hetero) is 1. The molecule has 2 rings (SSSR count). The average Bonchev–Trinajstić information content (AvgIpc) is 2.69. The van der Waals surface area contributed by atoms with Gasteiger partial charge >= 0.3 is 0 Å². The van der Waals surface area contributed by atoms with Crippen molar-refractivity contribution >= 4 is 11.7 Å². The Morgan fingerprint density at radius 3 is 2.46 bits per heavy atom. The topological polar surface area (TPSA) is 66.4 Å². The van der Waals surface area contributed by atoms with E-state index in [2.05, 4.69) is 14.9 Å². The van der Waals surface area contributed by atoms with Crippen molar-refractivity contribution in [1.82, 2.24) is 19.8 Å². The maximum absolute atomic E-state index is 12.5. The third kappa shape index (κ3) is 7.19. The van der Waals surface area contributed by atoms with Crippen LogP contribution in [0.2, 0.25) is 0 Å². The van der Waals surface area contributed by atoms with Gasteiger partial charge in [0.2, 0.25) is 5.91 Å². The van der Waals surface area contributed by atoms with Gasteiger partial charge in [0.15, 0.2) is 5.78 Å². The number of aromatic nitrogens is 2. The van der Waals surface area contributed by atoms with Gasteiger partial charge in [0.25, 0.3) is 0 Å². The first-order chi connectivity index (χ1) is 13.5. The van der Waals surface area contributed by atoms with Crippen LogP contribution < -0.4 is 0 Å². The molecule has 0 saturated heterocycles. The SMILES string of the molecule is CCN(CCN(C)C)C(=O)CCCc1cc(C(=O)Cc2ccncc2)ccn1. The first-order valence-electron chi connectivity index (χ1n) is 9.79. The molecule has 0 unspecified atom stereocenters. The van der Waals surface area contributed by atoms with E-state index in [1.807, 2.05) is 44.1 Å². The summed E-state index contributed by atoms with van der Waals surface area (Å²) in [5.74, 6) is 0.237. The van der Waals surface area contributed by atoms with Crippen LogP contribution in [0.25, 0.3) is 0 Å². The summed E-state index contributed by atoms with van der Waals surface area (Å²) >= 11 is 0. The molecule has 0 aliphatic rings. The van der Waals surface area contributed by atoms with Gasteiger partial charge in [-0.15, -0.1) is 0 Å². The molecule has 0 atom stereocenters. The smallest absolute Gasteiger partial charge is 0.222 e. The first-order valence-corrected chi connectivity index (χ1v) is 9.79. The lowest BCUT2D eigenvalue weighted by atomic mass is 10.0. The number of pyridine rings is 2. The van der Waals surface area contributed by atoms with E-state index in [1.54, 1.807) is 24.7 Å². The van der Waals surface area contributed by atoms with Crippen molar-refractivity contribution in [2.45, 2.75) is 32.6 Å². The van der Waals surface area contributed by atoms with E-state index in [-0.39, 0.29) is 11.7 Å². The highest BCUT2D eigenvalue weighted by Gasteiger charge is 2.12. The molecular formula is C22H30N4O2. The summed E-state index contributed by atoms with van der Waals surface area (Å²) in [7, 11) is 4.01. The standard InChI is InChI=1S/C22H30N4O2/c1-4-26(15-14-25(2)3)22(28)7-5-6-20-17-19(10-13-24-20)21(27)16-18-8-11-23-12-9-18/h8-13,17H,4-7,14-16H2,1-3H3. The fraction of sp³-hybridized carbons (Fsp3) is 0.455. The van der Waals surface area contributed by atoms with Gasteiger partial charge in [-0.2, -0.15) is 0 Å². The summed E-state index contributed by atoms with van der Waals surface area (Å²) in [5.41, 5.74) is 2.46. The molecule has 2 aromatic heterocycles. The second-order valence-electron chi connectivity index (χ2n) is 7.12. The van der Waals surface area contributed by atoms with Crippen molar-refractivity contribution < 1.29 is 9.59 Å². The Bertz CT molecular complexity index is 762. The average molecular weight is 383 g/mol.